The number of alkyl halides is 1. The van der Waals surface area contributed by atoms with Crippen LogP contribution >= 0.6 is 23.2 Å². The van der Waals surface area contributed by atoms with Crippen molar-refractivity contribution in [2.45, 2.75) is 12.3 Å². The van der Waals surface area contributed by atoms with Crippen LogP contribution in [0.3, 0.4) is 0 Å². The second-order valence-electron chi connectivity index (χ2n) is 3.72. The van der Waals surface area contributed by atoms with Crippen LogP contribution in [0.2, 0.25) is 5.02 Å². The minimum atomic E-state index is -0.0117. The van der Waals surface area contributed by atoms with Crippen LogP contribution < -0.4 is 0 Å². The van der Waals surface area contributed by atoms with E-state index in [0.717, 1.165) is 21.7 Å². The molecule has 1 atom stereocenters. The van der Waals surface area contributed by atoms with Crippen molar-refractivity contribution in [1.82, 2.24) is 0 Å². The average molecular weight is 251 g/mol. The molecule has 0 saturated carbocycles. The van der Waals surface area contributed by atoms with Gasteiger partial charge in [-0.3, -0.25) is 0 Å². The van der Waals surface area contributed by atoms with Crippen LogP contribution in [0.1, 0.15) is 17.9 Å². The van der Waals surface area contributed by atoms with Crippen LogP contribution in [0.25, 0.3) is 11.1 Å². The third-order valence-corrected chi connectivity index (χ3v) is 3.10. The molecule has 82 valence electrons. The SMILES string of the molecule is CC(Cl)c1ccc(-c2ccccc2)c(Cl)c1. The van der Waals surface area contributed by atoms with E-state index in [-0.39, 0.29) is 5.38 Å². The average Bonchev–Trinajstić information content (AvgIpc) is 2.30. The summed E-state index contributed by atoms with van der Waals surface area (Å²) in [5, 5.41) is 0.735. The van der Waals surface area contributed by atoms with Crippen molar-refractivity contribution in [2.75, 3.05) is 0 Å². The molecule has 0 heterocycles. The number of benzene rings is 2. The molecule has 0 nitrogen and oxygen atoms in total. The predicted octanol–water partition coefficient (Wildman–Crippen LogP) is 5.31. The Morgan fingerprint density at radius 2 is 1.69 bits per heavy atom. The van der Waals surface area contributed by atoms with Gasteiger partial charge in [-0.05, 0) is 24.1 Å². The first kappa shape index (κ1) is 11.5. The standard InChI is InChI=1S/C14H12Cl2/c1-10(15)12-7-8-13(14(16)9-12)11-5-3-2-4-6-11/h2-10H,1H3. The van der Waals surface area contributed by atoms with Crippen molar-refractivity contribution in [3.05, 3.63) is 59.1 Å². The molecule has 16 heavy (non-hydrogen) atoms. The summed E-state index contributed by atoms with van der Waals surface area (Å²) < 4.78 is 0. The Morgan fingerprint density at radius 1 is 1.00 bits per heavy atom. The molecule has 0 aliphatic rings. The highest BCUT2D eigenvalue weighted by Gasteiger charge is 2.06. The van der Waals surface area contributed by atoms with Crippen molar-refractivity contribution in [3.8, 4) is 11.1 Å². The quantitative estimate of drug-likeness (QED) is 0.634. The second-order valence-corrected chi connectivity index (χ2v) is 4.78. The normalized spacial score (nSPS) is 12.4. The molecule has 2 aromatic carbocycles. The van der Waals surface area contributed by atoms with E-state index in [1.807, 2.05) is 55.5 Å². The van der Waals surface area contributed by atoms with E-state index in [1.165, 1.54) is 0 Å². The van der Waals surface area contributed by atoms with Crippen molar-refractivity contribution in [2.24, 2.45) is 0 Å². The molecule has 0 aliphatic heterocycles. The lowest BCUT2D eigenvalue weighted by Crippen LogP contribution is -1.86. The van der Waals surface area contributed by atoms with Crippen molar-refractivity contribution < 1.29 is 0 Å². The van der Waals surface area contributed by atoms with Gasteiger partial charge in [0.05, 0.1) is 5.38 Å². The van der Waals surface area contributed by atoms with Gasteiger partial charge in [0, 0.05) is 10.6 Å². The van der Waals surface area contributed by atoms with Gasteiger partial charge in [-0.2, -0.15) is 0 Å². The molecule has 2 aromatic rings. The maximum absolute atomic E-state index is 6.25. The van der Waals surface area contributed by atoms with Crippen LogP contribution in [0, 0.1) is 0 Å². The summed E-state index contributed by atoms with van der Waals surface area (Å²) in [6.07, 6.45) is 0. The summed E-state index contributed by atoms with van der Waals surface area (Å²) in [5.74, 6) is 0. The first-order chi connectivity index (χ1) is 7.68. The third kappa shape index (κ3) is 2.40. The summed E-state index contributed by atoms with van der Waals surface area (Å²) in [5.41, 5.74) is 3.22. The molecule has 0 spiro atoms. The maximum atomic E-state index is 6.25. The Bertz CT molecular complexity index is 475. The lowest BCUT2D eigenvalue weighted by molar-refractivity contribution is 1.08. The molecule has 0 amide bonds. The Kier molecular flexibility index (Phi) is 3.52. The number of hydrogen-bond acceptors (Lipinski definition) is 0. The fourth-order valence-electron chi connectivity index (χ4n) is 1.63. The monoisotopic (exact) mass is 250 g/mol. The Balaban J connectivity index is 2.45. The zero-order chi connectivity index (χ0) is 11.5. The van der Waals surface area contributed by atoms with Crippen LogP contribution in [0.15, 0.2) is 48.5 Å². The van der Waals surface area contributed by atoms with E-state index in [4.69, 9.17) is 23.2 Å². The Morgan fingerprint density at radius 3 is 2.25 bits per heavy atom. The largest absolute Gasteiger partial charge is 0.118 e. The molecular weight excluding hydrogens is 239 g/mol. The third-order valence-electron chi connectivity index (χ3n) is 2.54. The van der Waals surface area contributed by atoms with Gasteiger partial charge in [0.15, 0.2) is 0 Å². The smallest absolute Gasteiger partial charge is 0.0557 e. The van der Waals surface area contributed by atoms with Crippen LogP contribution in [-0.2, 0) is 0 Å². The van der Waals surface area contributed by atoms with Crippen molar-refractivity contribution >= 4 is 23.2 Å². The fraction of sp³-hybridized carbons (Fsp3) is 0.143. The topological polar surface area (TPSA) is 0 Å². The molecule has 0 aromatic heterocycles. The van der Waals surface area contributed by atoms with E-state index in [1.54, 1.807) is 0 Å². The van der Waals surface area contributed by atoms with E-state index in [2.05, 4.69) is 0 Å². The Labute approximate surface area is 106 Å². The molecule has 0 aliphatic carbocycles. The molecule has 0 radical (unpaired) electrons. The molecule has 0 N–H and O–H groups in total. The lowest BCUT2D eigenvalue weighted by atomic mass is 10.0. The summed E-state index contributed by atoms with van der Waals surface area (Å²) in [7, 11) is 0. The minimum Gasteiger partial charge on any atom is -0.118 e. The zero-order valence-electron chi connectivity index (χ0n) is 8.95. The maximum Gasteiger partial charge on any atom is 0.0557 e. The van der Waals surface area contributed by atoms with E-state index in [0.29, 0.717) is 0 Å². The molecule has 0 bridgehead atoms. The number of hydrogen-bond donors (Lipinski definition) is 0. The highest BCUT2D eigenvalue weighted by atomic mass is 35.5. The fourth-order valence-corrected chi connectivity index (χ4v) is 2.06. The van der Waals surface area contributed by atoms with Crippen LogP contribution in [0.4, 0.5) is 0 Å². The van der Waals surface area contributed by atoms with Gasteiger partial charge in [0.1, 0.15) is 0 Å². The Hall–Kier alpha value is -0.980. The van der Waals surface area contributed by atoms with Gasteiger partial charge < -0.3 is 0 Å². The van der Waals surface area contributed by atoms with Crippen molar-refractivity contribution in [1.29, 1.82) is 0 Å². The van der Waals surface area contributed by atoms with Gasteiger partial charge in [0.2, 0.25) is 0 Å². The molecular formula is C14H12Cl2. The highest BCUT2D eigenvalue weighted by molar-refractivity contribution is 6.33. The molecule has 0 saturated heterocycles. The van der Waals surface area contributed by atoms with E-state index in [9.17, 15) is 0 Å². The van der Waals surface area contributed by atoms with Gasteiger partial charge in [-0.1, -0.05) is 54.1 Å². The van der Waals surface area contributed by atoms with Crippen LogP contribution in [0.5, 0.6) is 0 Å². The first-order valence-electron chi connectivity index (χ1n) is 5.17. The summed E-state index contributed by atoms with van der Waals surface area (Å²) >= 11 is 12.3. The highest BCUT2D eigenvalue weighted by Crippen LogP contribution is 2.31. The molecule has 2 heteroatoms. The predicted molar refractivity (Wildman–Crippen MR) is 71.2 cm³/mol. The lowest BCUT2D eigenvalue weighted by Gasteiger charge is -2.08. The molecule has 1 unspecified atom stereocenters. The van der Waals surface area contributed by atoms with E-state index < -0.39 is 0 Å². The summed E-state index contributed by atoms with van der Waals surface area (Å²) in [4.78, 5) is 0. The summed E-state index contributed by atoms with van der Waals surface area (Å²) in [6, 6.07) is 16.1. The number of halogens is 2. The van der Waals surface area contributed by atoms with Crippen LogP contribution in [-0.4, -0.2) is 0 Å². The minimum absolute atomic E-state index is 0.0117. The van der Waals surface area contributed by atoms with Gasteiger partial charge >= 0.3 is 0 Å². The second kappa shape index (κ2) is 4.90. The van der Waals surface area contributed by atoms with Crippen molar-refractivity contribution in [3.63, 3.8) is 0 Å². The molecule has 2 rings (SSSR count). The van der Waals surface area contributed by atoms with Gasteiger partial charge in [-0.25, -0.2) is 0 Å². The van der Waals surface area contributed by atoms with Gasteiger partial charge in [0.25, 0.3) is 0 Å². The number of rotatable bonds is 2. The first-order valence-corrected chi connectivity index (χ1v) is 5.99. The zero-order valence-corrected chi connectivity index (χ0v) is 10.5. The molecule has 0 fully saturated rings. The van der Waals surface area contributed by atoms with Gasteiger partial charge in [-0.15, -0.1) is 11.6 Å². The summed E-state index contributed by atoms with van der Waals surface area (Å²) in [6.45, 7) is 1.94. The van der Waals surface area contributed by atoms with E-state index >= 15 is 0 Å².